The number of hydrogen-bond donors (Lipinski definition) is 2. The van der Waals surface area contributed by atoms with E-state index in [1.807, 2.05) is 0 Å². The van der Waals surface area contributed by atoms with Crippen molar-refractivity contribution in [1.29, 1.82) is 0 Å². The zero-order valence-electron chi connectivity index (χ0n) is 10.7. The summed E-state index contributed by atoms with van der Waals surface area (Å²) in [5, 5.41) is 6.88. The Morgan fingerprint density at radius 1 is 0.941 bits per heavy atom. The highest BCUT2D eigenvalue weighted by molar-refractivity contribution is 4.88. The molecule has 4 unspecified atom stereocenters. The third-order valence-corrected chi connectivity index (χ3v) is 4.15. The molecule has 2 heterocycles. The van der Waals surface area contributed by atoms with E-state index >= 15 is 0 Å². The van der Waals surface area contributed by atoms with Gasteiger partial charge in [0.15, 0.2) is 0 Å². The molecule has 4 atom stereocenters. The minimum Gasteiger partial charge on any atom is -0.354 e. The molecule has 0 aromatic rings. The molecule has 2 saturated heterocycles. The number of hydrogen-bond acceptors (Lipinski definition) is 4. The van der Waals surface area contributed by atoms with Gasteiger partial charge in [0.05, 0.1) is 6.10 Å². The minimum absolute atomic E-state index is 0.276. The molecule has 0 aromatic carbocycles. The summed E-state index contributed by atoms with van der Waals surface area (Å²) >= 11 is 0. The Kier molecular flexibility index (Phi) is 3.66. The van der Waals surface area contributed by atoms with Gasteiger partial charge in [-0.25, -0.2) is 0 Å². The van der Waals surface area contributed by atoms with E-state index in [-0.39, 0.29) is 6.23 Å². The molecular formula is C13H24N2O2. The quantitative estimate of drug-likeness (QED) is 0.685. The maximum atomic E-state index is 5.59. The minimum atomic E-state index is 0.276. The molecule has 0 bridgehead atoms. The first-order chi connectivity index (χ1) is 8.33. The monoisotopic (exact) mass is 240 g/mol. The van der Waals surface area contributed by atoms with Gasteiger partial charge in [0, 0.05) is 13.1 Å². The van der Waals surface area contributed by atoms with Crippen LogP contribution in [0.15, 0.2) is 0 Å². The summed E-state index contributed by atoms with van der Waals surface area (Å²) in [6.07, 6.45) is 8.38. The van der Waals surface area contributed by atoms with Crippen LogP contribution in [-0.4, -0.2) is 37.8 Å². The molecule has 0 radical (unpaired) electrons. The Labute approximate surface area is 103 Å². The van der Waals surface area contributed by atoms with Crippen LogP contribution in [0.3, 0.4) is 0 Å². The van der Waals surface area contributed by atoms with Gasteiger partial charge in [-0.3, -0.25) is 10.6 Å². The third-order valence-electron chi connectivity index (χ3n) is 4.15. The van der Waals surface area contributed by atoms with Gasteiger partial charge in [-0.05, 0) is 25.7 Å². The highest BCUT2D eigenvalue weighted by Gasteiger charge is 2.41. The predicted octanol–water partition coefficient (Wildman–Crippen LogP) is 1.22. The van der Waals surface area contributed by atoms with Crippen molar-refractivity contribution in [2.24, 2.45) is 5.92 Å². The van der Waals surface area contributed by atoms with Gasteiger partial charge < -0.3 is 9.47 Å². The SMILES string of the molecule is CC1OC1NCC1OC1NCC1CCCCC1. The molecule has 1 saturated carbocycles. The standard InChI is InChI=1S/C13H24N2O2/c1-9-12(16-9)15-8-11-13(17-11)14-7-10-5-3-2-4-6-10/h9-15H,2-8H2,1H3. The summed E-state index contributed by atoms with van der Waals surface area (Å²) in [4.78, 5) is 0. The first-order valence-corrected chi connectivity index (χ1v) is 7.10. The second kappa shape index (κ2) is 5.22. The zero-order valence-corrected chi connectivity index (χ0v) is 10.7. The summed E-state index contributed by atoms with van der Waals surface area (Å²) in [6.45, 7) is 4.14. The molecule has 3 aliphatic rings. The highest BCUT2D eigenvalue weighted by Crippen LogP contribution is 2.25. The molecular weight excluding hydrogens is 216 g/mol. The molecule has 4 nitrogen and oxygen atoms in total. The van der Waals surface area contributed by atoms with Crippen molar-refractivity contribution in [2.45, 2.75) is 63.7 Å². The van der Waals surface area contributed by atoms with Gasteiger partial charge >= 0.3 is 0 Å². The van der Waals surface area contributed by atoms with Crippen molar-refractivity contribution in [3.63, 3.8) is 0 Å². The summed E-state index contributed by atoms with van der Waals surface area (Å²) in [5.74, 6) is 0.883. The average Bonchev–Trinajstić information content (AvgIpc) is 3.24. The highest BCUT2D eigenvalue weighted by atomic mass is 16.6. The van der Waals surface area contributed by atoms with Gasteiger partial charge in [0.25, 0.3) is 0 Å². The summed E-state index contributed by atoms with van der Waals surface area (Å²) < 4.78 is 10.9. The van der Waals surface area contributed by atoms with Crippen molar-refractivity contribution in [2.75, 3.05) is 13.1 Å². The molecule has 2 aliphatic heterocycles. The zero-order chi connectivity index (χ0) is 11.7. The van der Waals surface area contributed by atoms with Gasteiger partial charge in [-0.15, -0.1) is 0 Å². The van der Waals surface area contributed by atoms with Gasteiger partial charge in [0.2, 0.25) is 0 Å². The molecule has 0 amide bonds. The molecule has 1 aliphatic carbocycles. The van der Waals surface area contributed by atoms with Crippen LogP contribution < -0.4 is 10.6 Å². The maximum absolute atomic E-state index is 5.59. The fourth-order valence-corrected chi connectivity index (χ4v) is 2.78. The first-order valence-electron chi connectivity index (χ1n) is 7.10. The van der Waals surface area contributed by atoms with Crippen LogP contribution in [-0.2, 0) is 9.47 Å². The van der Waals surface area contributed by atoms with Crippen LogP contribution in [0.2, 0.25) is 0 Å². The van der Waals surface area contributed by atoms with Gasteiger partial charge in [-0.2, -0.15) is 0 Å². The van der Waals surface area contributed by atoms with E-state index in [4.69, 9.17) is 9.47 Å². The Morgan fingerprint density at radius 3 is 2.35 bits per heavy atom. The second-order valence-corrected chi connectivity index (χ2v) is 5.68. The lowest BCUT2D eigenvalue weighted by atomic mass is 9.89. The molecule has 2 N–H and O–H groups in total. The second-order valence-electron chi connectivity index (χ2n) is 5.68. The van der Waals surface area contributed by atoms with Gasteiger partial charge in [0.1, 0.15) is 18.6 Å². The third kappa shape index (κ3) is 3.41. The Balaban J connectivity index is 1.24. The van der Waals surface area contributed by atoms with E-state index in [2.05, 4.69) is 17.6 Å². The van der Waals surface area contributed by atoms with E-state index < -0.39 is 0 Å². The fraction of sp³-hybridized carbons (Fsp3) is 1.00. The normalized spacial score (nSPS) is 41.5. The van der Waals surface area contributed by atoms with E-state index in [9.17, 15) is 0 Å². The number of rotatable bonds is 6. The van der Waals surface area contributed by atoms with Crippen molar-refractivity contribution in [3.05, 3.63) is 0 Å². The predicted molar refractivity (Wildman–Crippen MR) is 65.6 cm³/mol. The average molecular weight is 240 g/mol. The van der Waals surface area contributed by atoms with Crippen LogP contribution in [0.25, 0.3) is 0 Å². The lowest BCUT2D eigenvalue weighted by Gasteiger charge is -2.21. The summed E-state index contributed by atoms with van der Waals surface area (Å²) in [5.41, 5.74) is 0. The Hall–Kier alpha value is -0.160. The van der Waals surface area contributed by atoms with Crippen molar-refractivity contribution in [3.8, 4) is 0 Å². The van der Waals surface area contributed by atoms with Crippen LogP contribution in [0.1, 0.15) is 39.0 Å². The Morgan fingerprint density at radius 2 is 1.65 bits per heavy atom. The molecule has 3 fully saturated rings. The molecule has 98 valence electrons. The van der Waals surface area contributed by atoms with Crippen molar-refractivity contribution in [1.82, 2.24) is 10.6 Å². The number of nitrogens with one attached hydrogen (secondary N) is 2. The smallest absolute Gasteiger partial charge is 0.136 e. The molecule has 3 rings (SSSR count). The largest absolute Gasteiger partial charge is 0.354 e. The van der Waals surface area contributed by atoms with E-state index in [0.29, 0.717) is 18.4 Å². The number of ether oxygens (including phenoxy) is 2. The van der Waals surface area contributed by atoms with E-state index in [1.54, 1.807) is 0 Å². The Bertz CT molecular complexity index is 256. The van der Waals surface area contributed by atoms with Crippen molar-refractivity contribution >= 4 is 0 Å². The first kappa shape index (κ1) is 11.9. The van der Waals surface area contributed by atoms with Crippen LogP contribution in [0, 0.1) is 5.92 Å². The maximum Gasteiger partial charge on any atom is 0.136 e. The fourth-order valence-electron chi connectivity index (χ4n) is 2.78. The summed E-state index contributed by atoms with van der Waals surface area (Å²) in [6, 6.07) is 0. The molecule has 17 heavy (non-hydrogen) atoms. The van der Waals surface area contributed by atoms with Crippen LogP contribution in [0.4, 0.5) is 0 Å². The van der Waals surface area contributed by atoms with E-state index in [1.165, 1.54) is 32.1 Å². The lowest BCUT2D eigenvalue weighted by Crippen LogP contribution is -2.31. The molecule has 0 spiro atoms. The van der Waals surface area contributed by atoms with E-state index in [0.717, 1.165) is 19.0 Å². The van der Waals surface area contributed by atoms with Gasteiger partial charge in [-0.1, -0.05) is 19.3 Å². The molecule has 4 heteroatoms. The summed E-state index contributed by atoms with van der Waals surface area (Å²) in [7, 11) is 0. The van der Waals surface area contributed by atoms with Crippen LogP contribution in [0.5, 0.6) is 0 Å². The lowest BCUT2D eigenvalue weighted by molar-refractivity contribution is 0.296. The van der Waals surface area contributed by atoms with Crippen molar-refractivity contribution < 1.29 is 9.47 Å². The van der Waals surface area contributed by atoms with Crippen LogP contribution >= 0.6 is 0 Å². The molecule has 0 aromatic heterocycles. The number of epoxide rings is 2. The topological polar surface area (TPSA) is 49.1 Å².